The molecule has 114 valence electrons. The fourth-order valence-corrected chi connectivity index (χ4v) is 5.00. The van der Waals surface area contributed by atoms with Crippen molar-refractivity contribution in [1.29, 1.82) is 0 Å². The van der Waals surface area contributed by atoms with Gasteiger partial charge in [-0.15, -0.1) is 0 Å². The Bertz CT molecular complexity index is 324. The minimum absolute atomic E-state index is 0.346. The molecule has 3 aliphatic rings. The molecule has 1 atom stereocenters. The lowest BCUT2D eigenvalue weighted by Gasteiger charge is -2.34. The fourth-order valence-electron chi connectivity index (χ4n) is 3.94. The van der Waals surface area contributed by atoms with Gasteiger partial charge < -0.3 is 9.80 Å². The summed E-state index contributed by atoms with van der Waals surface area (Å²) in [6, 6.07) is 0.466. The normalized spacial score (nSPS) is 29.8. The predicted octanol–water partition coefficient (Wildman–Crippen LogP) is 2.61. The van der Waals surface area contributed by atoms with E-state index in [2.05, 4.69) is 21.6 Å². The van der Waals surface area contributed by atoms with E-state index in [0.29, 0.717) is 17.9 Å². The van der Waals surface area contributed by atoms with E-state index in [-0.39, 0.29) is 0 Å². The van der Waals surface area contributed by atoms with Crippen LogP contribution in [0, 0.1) is 5.92 Å². The van der Waals surface area contributed by atoms with Gasteiger partial charge in [0.1, 0.15) is 0 Å². The van der Waals surface area contributed by atoms with Crippen LogP contribution in [-0.2, 0) is 4.79 Å². The highest BCUT2D eigenvalue weighted by Crippen LogP contribution is 2.29. The van der Waals surface area contributed by atoms with Gasteiger partial charge in [-0.05, 0) is 50.9 Å². The maximum atomic E-state index is 12.8. The number of carbonyl (C=O) groups is 1. The average Bonchev–Trinajstić information content (AvgIpc) is 3.10. The number of nitrogens with zero attached hydrogens (tertiary/aromatic N) is 2. The Morgan fingerprint density at radius 2 is 1.75 bits per heavy atom. The van der Waals surface area contributed by atoms with Crippen LogP contribution in [0.3, 0.4) is 0 Å². The van der Waals surface area contributed by atoms with Crippen LogP contribution in [0.25, 0.3) is 0 Å². The van der Waals surface area contributed by atoms with E-state index in [1.807, 2.05) is 0 Å². The van der Waals surface area contributed by atoms with Gasteiger partial charge in [0.2, 0.25) is 5.91 Å². The molecule has 0 spiro atoms. The number of hydrogen-bond acceptors (Lipinski definition) is 3. The lowest BCUT2D eigenvalue weighted by molar-refractivity contribution is -0.137. The van der Waals surface area contributed by atoms with Crippen LogP contribution in [0.2, 0.25) is 0 Å². The van der Waals surface area contributed by atoms with Crippen molar-refractivity contribution in [3.63, 3.8) is 0 Å². The highest BCUT2D eigenvalue weighted by molar-refractivity contribution is 7.99. The van der Waals surface area contributed by atoms with E-state index >= 15 is 0 Å². The molecule has 2 aliphatic heterocycles. The number of amides is 1. The first-order valence-electron chi connectivity index (χ1n) is 8.45. The Hall–Kier alpha value is -0.220. The number of carbonyl (C=O) groups excluding carboxylic acids is 1. The summed E-state index contributed by atoms with van der Waals surface area (Å²) in [6.07, 6.45) is 8.66. The molecule has 20 heavy (non-hydrogen) atoms. The molecule has 0 N–H and O–H groups in total. The Morgan fingerprint density at radius 1 is 1.00 bits per heavy atom. The molecule has 0 radical (unpaired) electrons. The van der Waals surface area contributed by atoms with Gasteiger partial charge in [0.05, 0.1) is 6.04 Å². The molecule has 2 saturated heterocycles. The number of thioether (sulfide) groups is 1. The summed E-state index contributed by atoms with van der Waals surface area (Å²) in [5.41, 5.74) is 0. The molecule has 2 heterocycles. The first-order chi connectivity index (χ1) is 9.84. The summed E-state index contributed by atoms with van der Waals surface area (Å²) in [6.45, 7) is 4.60. The van der Waals surface area contributed by atoms with Crippen LogP contribution in [0.4, 0.5) is 0 Å². The summed E-state index contributed by atoms with van der Waals surface area (Å²) in [5.74, 6) is 3.20. The third-order valence-electron chi connectivity index (χ3n) is 5.09. The molecule has 3 nitrogen and oxygen atoms in total. The number of rotatable bonds is 3. The molecule has 0 aromatic carbocycles. The molecule has 0 bridgehead atoms. The minimum Gasteiger partial charge on any atom is -0.337 e. The molecule has 1 aliphatic carbocycles. The largest absolute Gasteiger partial charge is 0.337 e. The smallest absolute Gasteiger partial charge is 0.226 e. The second-order valence-corrected chi connectivity index (χ2v) is 7.75. The molecule has 0 aromatic rings. The van der Waals surface area contributed by atoms with Crippen LogP contribution >= 0.6 is 11.8 Å². The van der Waals surface area contributed by atoms with Crippen molar-refractivity contribution >= 4 is 17.7 Å². The van der Waals surface area contributed by atoms with Crippen molar-refractivity contribution < 1.29 is 4.79 Å². The molecule has 1 unspecified atom stereocenters. The van der Waals surface area contributed by atoms with E-state index < -0.39 is 0 Å². The Labute approximate surface area is 127 Å². The van der Waals surface area contributed by atoms with Crippen molar-refractivity contribution in [2.75, 3.05) is 37.7 Å². The van der Waals surface area contributed by atoms with E-state index in [0.717, 1.165) is 31.7 Å². The fraction of sp³-hybridized carbons (Fsp3) is 0.938. The Morgan fingerprint density at radius 3 is 2.50 bits per heavy atom. The van der Waals surface area contributed by atoms with Gasteiger partial charge >= 0.3 is 0 Å². The summed E-state index contributed by atoms with van der Waals surface area (Å²) >= 11 is 2.05. The lowest BCUT2D eigenvalue weighted by Crippen LogP contribution is -2.49. The maximum Gasteiger partial charge on any atom is 0.226 e. The Kier molecular flexibility index (Phi) is 5.27. The Balaban J connectivity index is 1.64. The van der Waals surface area contributed by atoms with Crippen LogP contribution in [-0.4, -0.2) is 59.4 Å². The van der Waals surface area contributed by atoms with E-state index in [9.17, 15) is 4.79 Å². The van der Waals surface area contributed by atoms with E-state index in [1.54, 1.807) is 0 Å². The van der Waals surface area contributed by atoms with Gasteiger partial charge in [-0.2, -0.15) is 11.8 Å². The summed E-state index contributed by atoms with van der Waals surface area (Å²) < 4.78 is 0. The van der Waals surface area contributed by atoms with Gasteiger partial charge in [-0.3, -0.25) is 4.79 Å². The quantitative estimate of drug-likeness (QED) is 0.800. The van der Waals surface area contributed by atoms with Crippen LogP contribution in [0.5, 0.6) is 0 Å². The average molecular weight is 296 g/mol. The van der Waals surface area contributed by atoms with Crippen molar-refractivity contribution in [2.24, 2.45) is 5.92 Å². The van der Waals surface area contributed by atoms with Crippen LogP contribution in [0.1, 0.15) is 44.9 Å². The summed E-state index contributed by atoms with van der Waals surface area (Å²) in [7, 11) is 0. The second kappa shape index (κ2) is 7.17. The molecular formula is C16H28N2OS. The molecule has 1 saturated carbocycles. The zero-order chi connectivity index (χ0) is 13.8. The highest BCUT2D eigenvalue weighted by atomic mass is 32.2. The first kappa shape index (κ1) is 14.7. The van der Waals surface area contributed by atoms with Gasteiger partial charge in [0.15, 0.2) is 0 Å². The zero-order valence-electron chi connectivity index (χ0n) is 12.6. The van der Waals surface area contributed by atoms with E-state index in [4.69, 9.17) is 0 Å². The monoisotopic (exact) mass is 296 g/mol. The van der Waals surface area contributed by atoms with Crippen molar-refractivity contribution in [3.05, 3.63) is 0 Å². The van der Waals surface area contributed by atoms with Gasteiger partial charge in [0.25, 0.3) is 0 Å². The molecule has 3 fully saturated rings. The third kappa shape index (κ3) is 3.51. The molecule has 1 amide bonds. The first-order valence-corrected chi connectivity index (χ1v) is 9.60. The molecular weight excluding hydrogens is 268 g/mol. The molecule has 4 heteroatoms. The van der Waals surface area contributed by atoms with Crippen LogP contribution < -0.4 is 0 Å². The molecule has 3 rings (SSSR count). The SMILES string of the molecule is O=C(C1CCCC1)N1CCCSCC1CN1CCCC1. The number of likely N-dealkylation sites (tertiary alicyclic amines) is 1. The third-order valence-corrected chi connectivity index (χ3v) is 6.29. The van der Waals surface area contributed by atoms with Crippen molar-refractivity contribution in [1.82, 2.24) is 9.80 Å². The van der Waals surface area contributed by atoms with Crippen molar-refractivity contribution in [2.45, 2.75) is 51.0 Å². The summed E-state index contributed by atoms with van der Waals surface area (Å²) in [5, 5.41) is 0. The van der Waals surface area contributed by atoms with Crippen molar-refractivity contribution in [3.8, 4) is 0 Å². The van der Waals surface area contributed by atoms with Gasteiger partial charge in [-0.25, -0.2) is 0 Å². The predicted molar refractivity (Wildman–Crippen MR) is 85.1 cm³/mol. The second-order valence-electron chi connectivity index (χ2n) is 6.60. The van der Waals surface area contributed by atoms with Gasteiger partial charge in [0, 0.05) is 24.8 Å². The maximum absolute atomic E-state index is 12.8. The highest BCUT2D eigenvalue weighted by Gasteiger charge is 2.33. The standard InChI is InChI=1S/C16H28N2OS/c19-16(14-6-1-2-7-14)18-10-5-11-20-13-15(18)12-17-8-3-4-9-17/h14-15H,1-13H2. The number of hydrogen-bond donors (Lipinski definition) is 0. The minimum atomic E-state index is 0.346. The topological polar surface area (TPSA) is 23.6 Å². The van der Waals surface area contributed by atoms with Gasteiger partial charge in [-0.1, -0.05) is 12.8 Å². The summed E-state index contributed by atoms with van der Waals surface area (Å²) in [4.78, 5) is 17.7. The van der Waals surface area contributed by atoms with E-state index in [1.165, 1.54) is 50.9 Å². The molecule has 0 aromatic heterocycles. The zero-order valence-corrected chi connectivity index (χ0v) is 13.4. The van der Waals surface area contributed by atoms with Crippen LogP contribution in [0.15, 0.2) is 0 Å². The lowest BCUT2D eigenvalue weighted by atomic mass is 10.0.